The number of para-hydroxylation sites is 1. The molecular formula is C52H35NO. The smallest absolute Gasteiger partial charge is 0.137 e. The summed E-state index contributed by atoms with van der Waals surface area (Å²) < 4.78 is 6.38. The van der Waals surface area contributed by atoms with Crippen LogP contribution in [0.15, 0.2) is 217 Å². The first-order valence-corrected chi connectivity index (χ1v) is 18.4. The van der Waals surface area contributed by atoms with Crippen LogP contribution in [0.4, 0.5) is 17.1 Å². The minimum Gasteiger partial charge on any atom is -0.456 e. The zero-order valence-corrected chi connectivity index (χ0v) is 29.6. The van der Waals surface area contributed by atoms with Crippen LogP contribution in [0.1, 0.15) is 0 Å². The van der Waals surface area contributed by atoms with Crippen LogP contribution in [0, 0.1) is 0 Å². The summed E-state index contributed by atoms with van der Waals surface area (Å²) in [6, 6.07) is 75.9. The number of hydrogen-bond acceptors (Lipinski definition) is 2. The highest BCUT2D eigenvalue weighted by Crippen LogP contribution is 2.45. The fraction of sp³-hybridized carbons (Fsp3) is 0. The van der Waals surface area contributed by atoms with Crippen LogP contribution >= 0.6 is 0 Å². The van der Waals surface area contributed by atoms with Gasteiger partial charge in [0.15, 0.2) is 0 Å². The number of benzene rings is 9. The summed E-state index contributed by atoms with van der Waals surface area (Å²) in [5, 5.41) is 4.65. The van der Waals surface area contributed by atoms with Crippen LogP contribution < -0.4 is 4.90 Å². The standard InChI is InChI=1S/C52H35NO/c1-3-15-37(16-4-1)44-20-9-10-22-49(44)52-45(38-17-5-2-6-18-38)23-13-24-46(52)39-27-29-41(30-28-39)53(42-31-26-36-14-7-8-19-40(36)34-42)43-32-33-48-47-21-11-12-25-50(47)54-51(48)35-43/h1-35H. The summed E-state index contributed by atoms with van der Waals surface area (Å²) in [6.45, 7) is 0. The Kier molecular flexibility index (Phi) is 7.85. The lowest BCUT2D eigenvalue weighted by molar-refractivity contribution is 0.669. The lowest BCUT2D eigenvalue weighted by Gasteiger charge is -2.26. The quantitative estimate of drug-likeness (QED) is 0.166. The van der Waals surface area contributed by atoms with E-state index in [1.807, 2.05) is 12.1 Å². The van der Waals surface area contributed by atoms with Crippen molar-refractivity contribution in [3.63, 3.8) is 0 Å². The van der Waals surface area contributed by atoms with E-state index in [2.05, 4.69) is 205 Å². The van der Waals surface area contributed by atoms with E-state index in [0.717, 1.165) is 44.6 Å². The second-order valence-electron chi connectivity index (χ2n) is 13.7. The highest BCUT2D eigenvalue weighted by Gasteiger charge is 2.20. The van der Waals surface area contributed by atoms with Gasteiger partial charge >= 0.3 is 0 Å². The van der Waals surface area contributed by atoms with Gasteiger partial charge in [-0.05, 0) is 97.7 Å². The molecule has 2 nitrogen and oxygen atoms in total. The van der Waals surface area contributed by atoms with Crippen molar-refractivity contribution in [1.82, 2.24) is 0 Å². The molecule has 0 atom stereocenters. The van der Waals surface area contributed by atoms with Crippen LogP contribution in [-0.4, -0.2) is 0 Å². The Balaban J connectivity index is 1.14. The molecule has 0 radical (unpaired) electrons. The third kappa shape index (κ3) is 5.62. The van der Waals surface area contributed by atoms with Gasteiger partial charge in [-0.25, -0.2) is 0 Å². The summed E-state index contributed by atoms with van der Waals surface area (Å²) >= 11 is 0. The summed E-state index contributed by atoms with van der Waals surface area (Å²) in [7, 11) is 0. The third-order valence-corrected chi connectivity index (χ3v) is 10.5. The van der Waals surface area contributed by atoms with E-state index in [4.69, 9.17) is 4.42 Å². The molecule has 0 bridgehead atoms. The van der Waals surface area contributed by atoms with Gasteiger partial charge in [-0.3, -0.25) is 0 Å². The van der Waals surface area contributed by atoms with Gasteiger partial charge < -0.3 is 9.32 Å². The molecule has 0 aliphatic rings. The van der Waals surface area contributed by atoms with Gasteiger partial charge in [-0.2, -0.15) is 0 Å². The minimum absolute atomic E-state index is 0.871. The van der Waals surface area contributed by atoms with Gasteiger partial charge in [0.25, 0.3) is 0 Å². The van der Waals surface area contributed by atoms with Gasteiger partial charge in [-0.15, -0.1) is 0 Å². The lowest BCUT2D eigenvalue weighted by atomic mass is 9.84. The zero-order chi connectivity index (χ0) is 35.8. The molecule has 0 spiro atoms. The zero-order valence-electron chi connectivity index (χ0n) is 29.6. The molecule has 2 heteroatoms. The van der Waals surface area contributed by atoms with Gasteiger partial charge in [0, 0.05) is 33.9 Å². The van der Waals surface area contributed by atoms with Crippen molar-refractivity contribution < 1.29 is 4.42 Å². The van der Waals surface area contributed by atoms with Crippen molar-refractivity contribution in [3.05, 3.63) is 212 Å². The number of fused-ring (bicyclic) bond motifs is 4. The van der Waals surface area contributed by atoms with Crippen molar-refractivity contribution in [2.45, 2.75) is 0 Å². The Bertz CT molecular complexity index is 2920. The normalized spacial score (nSPS) is 11.3. The Morgan fingerprint density at radius 1 is 0.296 bits per heavy atom. The Morgan fingerprint density at radius 2 is 0.815 bits per heavy atom. The second kappa shape index (κ2) is 13.4. The first-order chi connectivity index (χ1) is 26.8. The number of nitrogens with zero attached hydrogens (tertiary/aromatic N) is 1. The molecule has 0 saturated heterocycles. The van der Waals surface area contributed by atoms with E-state index in [1.54, 1.807) is 0 Å². The molecule has 9 aromatic carbocycles. The summed E-state index contributed by atoms with van der Waals surface area (Å²) in [5.41, 5.74) is 14.5. The van der Waals surface area contributed by atoms with Crippen LogP contribution in [0.25, 0.3) is 77.2 Å². The molecule has 0 fully saturated rings. The minimum atomic E-state index is 0.871. The maximum atomic E-state index is 6.38. The highest BCUT2D eigenvalue weighted by atomic mass is 16.3. The molecule has 0 unspecified atom stereocenters. The Labute approximate surface area is 314 Å². The second-order valence-corrected chi connectivity index (χ2v) is 13.7. The van der Waals surface area contributed by atoms with E-state index in [1.165, 1.54) is 49.7 Å². The van der Waals surface area contributed by atoms with Gasteiger partial charge in [0.05, 0.1) is 0 Å². The van der Waals surface area contributed by atoms with Crippen molar-refractivity contribution >= 4 is 49.8 Å². The molecule has 10 aromatic rings. The third-order valence-electron chi connectivity index (χ3n) is 10.5. The number of hydrogen-bond donors (Lipinski definition) is 0. The highest BCUT2D eigenvalue weighted by molar-refractivity contribution is 6.06. The number of anilines is 3. The van der Waals surface area contributed by atoms with E-state index in [-0.39, 0.29) is 0 Å². The van der Waals surface area contributed by atoms with Crippen LogP contribution in [0.5, 0.6) is 0 Å². The first kappa shape index (κ1) is 31.6. The molecule has 0 N–H and O–H groups in total. The molecule has 0 amide bonds. The SMILES string of the molecule is c1ccc(-c2ccccc2-c2c(-c3ccccc3)cccc2-c2ccc(N(c3ccc4ccccc4c3)c3ccc4c(c3)oc3ccccc34)cc2)cc1. The van der Waals surface area contributed by atoms with Crippen LogP contribution in [0.3, 0.4) is 0 Å². The predicted octanol–water partition coefficient (Wildman–Crippen LogP) is 14.9. The Hall–Kier alpha value is -7.16. The fourth-order valence-corrected chi connectivity index (χ4v) is 7.92. The molecule has 254 valence electrons. The molecular weight excluding hydrogens is 655 g/mol. The van der Waals surface area contributed by atoms with Crippen molar-refractivity contribution in [2.75, 3.05) is 4.90 Å². The summed E-state index contributed by atoms with van der Waals surface area (Å²) in [6.07, 6.45) is 0. The van der Waals surface area contributed by atoms with E-state index < -0.39 is 0 Å². The van der Waals surface area contributed by atoms with Gasteiger partial charge in [0.1, 0.15) is 11.2 Å². The van der Waals surface area contributed by atoms with Gasteiger partial charge in [-0.1, -0.05) is 164 Å². The average molecular weight is 690 g/mol. The van der Waals surface area contributed by atoms with Crippen molar-refractivity contribution in [2.24, 2.45) is 0 Å². The van der Waals surface area contributed by atoms with Crippen LogP contribution in [0.2, 0.25) is 0 Å². The first-order valence-electron chi connectivity index (χ1n) is 18.4. The maximum Gasteiger partial charge on any atom is 0.137 e. The number of rotatable bonds is 7. The monoisotopic (exact) mass is 689 g/mol. The molecule has 0 aliphatic heterocycles. The van der Waals surface area contributed by atoms with E-state index in [9.17, 15) is 0 Å². The van der Waals surface area contributed by atoms with Crippen molar-refractivity contribution in [3.8, 4) is 44.5 Å². The molecule has 54 heavy (non-hydrogen) atoms. The molecule has 0 saturated carbocycles. The summed E-state index contributed by atoms with van der Waals surface area (Å²) in [5.74, 6) is 0. The lowest BCUT2D eigenvalue weighted by Crippen LogP contribution is -2.09. The predicted molar refractivity (Wildman–Crippen MR) is 228 cm³/mol. The largest absolute Gasteiger partial charge is 0.456 e. The number of furan rings is 1. The maximum absolute atomic E-state index is 6.38. The average Bonchev–Trinajstić information content (AvgIpc) is 3.62. The molecule has 10 rings (SSSR count). The van der Waals surface area contributed by atoms with Crippen molar-refractivity contribution in [1.29, 1.82) is 0 Å². The van der Waals surface area contributed by atoms with Crippen LogP contribution in [-0.2, 0) is 0 Å². The van der Waals surface area contributed by atoms with Gasteiger partial charge in [0.2, 0.25) is 0 Å². The van der Waals surface area contributed by atoms with E-state index in [0.29, 0.717) is 0 Å². The fourth-order valence-electron chi connectivity index (χ4n) is 7.92. The molecule has 0 aliphatic carbocycles. The molecule has 1 aromatic heterocycles. The Morgan fingerprint density at radius 3 is 1.57 bits per heavy atom. The van der Waals surface area contributed by atoms with E-state index >= 15 is 0 Å². The topological polar surface area (TPSA) is 16.4 Å². The molecule has 1 heterocycles. The summed E-state index contributed by atoms with van der Waals surface area (Å²) in [4.78, 5) is 2.33.